The first kappa shape index (κ1) is 17.6. The number of sulfonamides is 1. The Labute approximate surface area is 124 Å². The molecule has 1 aromatic rings. The summed E-state index contributed by atoms with van der Waals surface area (Å²) in [5, 5.41) is 7.79. The van der Waals surface area contributed by atoms with Crippen molar-refractivity contribution in [1.29, 1.82) is 0 Å². The minimum atomic E-state index is -4.08. The molecule has 21 heavy (non-hydrogen) atoms. The second-order valence-corrected chi connectivity index (χ2v) is 6.80. The molecule has 0 spiro atoms. The van der Waals surface area contributed by atoms with Crippen LogP contribution in [0.25, 0.3) is 0 Å². The number of carbonyl (C=O) groups is 1. The number of halogens is 1. The predicted molar refractivity (Wildman–Crippen MR) is 78.9 cm³/mol. The van der Waals surface area contributed by atoms with E-state index in [9.17, 15) is 17.6 Å². The van der Waals surface area contributed by atoms with Crippen molar-refractivity contribution in [3.05, 3.63) is 29.1 Å². The molecule has 1 amide bonds. The lowest BCUT2D eigenvalue weighted by molar-refractivity contribution is 0.0926. The van der Waals surface area contributed by atoms with Crippen LogP contribution in [0.2, 0.25) is 0 Å². The number of nitrogens with one attached hydrogen (secondary N) is 1. The maximum Gasteiger partial charge on any atom is 0.251 e. The normalized spacial score (nSPS) is 14.6. The van der Waals surface area contributed by atoms with Crippen LogP contribution in [0, 0.1) is 18.7 Å². The minimum absolute atomic E-state index is 0.0193. The SMILES string of the molecule is CCC(C)C(C)NC(=O)c1cc(F)cc(S(N)(=O)=O)c1C. The van der Waals surface area contributed by atoms with Crippen LogP contribution in [-0.2, 0) is 10.0 Å². The Morgan fingerprint density at radius 1 is 1.38 bits per heavy atom. The Morgan fingerprint density at radius 2 is 1.95 bits per heavy atom. The summed E-state index contributed by atoms with van der Waals surface area (Å²) in [6.45, 7) is 7.27. The molecule has 5 nitrogen and oxygen atoms in total. The highest BCUT2D eigenvalue weighted by Gasteiger charge is 2.22. The molecule has 0 heterocycles. The molecule has 0 aliphatic rings. The highest BCUT2D eigenvalue weighted by atomic mass is 32.2. The van der Waals surface area contributed by atoms with Gasteiger partial charge in [-0.2, -0.15) is 0 Å². The maximum atomic E-state index is 13.6. The molecule has 0 bridgehead atoms. The van der Waals surface area contributed by atoms with Gasteiger partial charge in [-0.05, 0) is 37.5 Å². The highest BCUT2D eigenvalue weighted by molar-refractivity contribution is 7.89. The summed E-state index contributed by atoms with van der Waals surface area (Å²) in [6, 6.07) is 1.73. The first-order valence-electron chi connectivity index (χ1n) is 6.71. The van der Waals surface area contributed by atoms with Crippen LogP contribution in [0.15, 0.2) is 17.0 Å². The van der Waals surface area contributed by atoms with Gasteiger partial charge < -0.3 is 5.32 Å². The fourth-order valence-corrected chi connectivity index (χ4v) is 2.78. The summed E-state index contributed by atoms with van der Waals surface area (Å²) in [6.07, 6.45) is 0.881. The van der Waals surface area contributed by atoms with E-state index in [1.54, 1.807) is 0 Å². The first-order valence-corrected chi connectivity index (χ1v) is 8.26. The number of amides is 1. The third kappa shape index (κ3) is 4.25. The molecule has 118 valence electrons. The van der Waals surface area contributed by atoms with Crippen LogP contribution in [0.1, 0.15) is 43.1 Å². The molecular weight excluding hydrogens is 295 g/mol. The number of carbonyl (C=O) groups excluding carboxylic acids is 1. The fraction of sp³-hybridized carbons (Fsp3) is 0.500. The summed E-state index contributed by atoms with van der Waals surface area (Å²) in [7, 11) is -4.08. The molecule has 0 radical (unpaired) electrons. The molecule has 0 aromatic heterocycles. The van der Waals surface area contributed by atoms with Crippen molar-refractivity contribution in [3.63, 3.8) is 0 Å². The smallest absolute Gasteiger partial charge is 0.251 e. The van der Waals surface area contributed by atoms with Crippen LogP contribution in [0.4, 0.5) is 4.39 Å². The summed E-state index contributed by atoms with van der Waals surface area (Å²) in [4.78, 5) is 11.8. The molecular formula is C14H21FN2O3S. The molecule has 7 heteroatoms. The largest absolute Gasteiger partial charge is 0.349 e. The number of hydrogen-bond donors (Lipinski definition) is 2. The molecule has 2 unspecified atom stereocenters. The Morgan fingerprint density at radius 3 is 2.43 bits per heavy atom. The zero-order chi connectivity index (χ0) is 16.4. The highest BCUT2D eigenvalue weighted by Crippen LogP contribution is 2.20. The van der Waals surface area contributed by atoms with Gasteiger partial charge in [0, 0.05) is 11.6 Å². The van der Waals surface area contributed by atoms with Gasteiger partial charge in [-0.1, -0.05) is 20.3 Å². The molecule has 0 saturated heterocycles. The van der Waals surface area contributed by atoms with Crippen molar-refractivity contribution < 1.29 is 17.6 Å². The lowest BCUT2D eigenvalue weighted by Crippen LogP contribution is -2.37. The Kier molecular flexibility index (Phi) is 5.47. The van der Waals surface area contributed by atoms with Gasteiger partial charge in [-0.25, -0.2) is 17.9 Å². The summed E-state index contributed by atoms with van der Waals surface area (Å²) in [5.41, 5.74) is 0.127. The van der Waals surface area contributed by atoms with Crippen molar-refractivity contribution in [3.8, 4) is 0 Å². The van der Waals surface area contributed by atoms with Gasteiger partial charge in [0.25, 0.3) is 5.91 Å². The molecule has 0 aliphatic heterocycles. The van der Waals surface area contributed by atoms with Crippen molar-refractivity contribution in [1.82, 2.24) is 5.32 Å². The van der Waals surface area contributed by atoms with E-state index in [2.05, 4.69) is 5.32 Å². The van der Waals surface area contributed by atoms with E-state index in [0.717, 1.165) is 18.6 Å². The quantitative estimate of drug-likeness (QED) is 0.870. The van der Waals surface area contributed by atoms with Crippen LogP contribution >= 0.6 is 0 Å². The van der Waals surface area contributed by atoms with E-state index in [1.165, 1.54) is 6.92 Å². The lowest BCUT2D eigenvalue weighted by Gasteiger charge is -2.20. The van der Waals surface area contributed by atoms with Gasteiger partial charge in [0.05, 0.1) is 4.90 Å². The number of nitrogens with two attached hydrogens (primary N) is 1. The molecule has 0 aliphatic carbocycles. The number of hydrogen-bond acceptors (Lipinski definition) is 3. The van der Waals surface area contributed by atoms with Crippen molar-refractivity contribution >= 4 is 15.9 Å². The third-order valence-corrected chi connectivity index (χ3v) is 4.77. The van der Waals surface area contributed by atoms with Crippen LogP contribution in [0.5, 0.6) is 0 Å². The Hall–Kier alpha value is -1.47. The molecule has 1 aromatic carbocycles. The maximum absolute atomic E-state index is 13.6. The summed E-state index contributed by atoms with van der Waals surface area (Å²) >= 11 is 0. The zero-order valence-electron chi connectivity index (χ0n) is 12.6. The van der Waals surface area contributed by atoms with Gasteiger partial charge in [-0.3, -0.25) is 4.79 Å². The van der Waals surface area contributed by atoms with Gasteiger partial charge in [0.15, 0.2) is 0 Å². The van der Waals surface area contributed by atoms with Gasteiger partial charge in [0.2, 0.25) is 10.0 Å². The molecule has 3 N–H and O–H groups in total. The molecule has 0 saturated carbocycles. The fourth-order valence-electron chi connectivity index (χ4n) is 1.97. The third-order valence-electron chi connectivity index (χ3n) is 3.73. The van der Waals surface area contributed by atoms with Gasteiger partial charge >= 0.3 is 0 Å². The van der Waals surface area contributed by atoms with Crippen LogP contribution in [0.3, 0.4) is 0 Å². The Balaban J connectivity index is 3.20. The predicted octanol–water partition coefficient (Wildman–Crippen LogP) is 1.95. The zero-order valence-corrected chi connectivity index (χ0v) is 13.4. The number of primary sulfonamides is 1. The van der Waals surface area contributed by atoms with Crippen molar-refractivity contribution in [2.45, 2.75) is 45.1 Å². The van der Waals surface area contributed by atoms with E-state index in [-0.39, 0.29) is 28.0 Å². The second kappa shape index (κ2) is 6.53. The van der Waals surface area contributed by atoms with Gasteiger partial charge in [-0.15, -0.1) is 0 Å². The summed E-state index contributed by atoms with van der Waals surface area (Å²) in [5.74, 6) is -1.07. The number of benzene rings is 1. The van der Waals surface area contributed by atoms with E-state index in [4.69, 9.17) is 5.14 Å². The lowest BCUT2D eigenvalue weighted by atomic mass is 10.00. The monoisotopic (exact) mass is 316 g/mol. The van der Waals surface area contributed by atoms with E-state index < -0.39 is 21.7 Å². The van der Waals surface area contributed by atoms with E-state index in [0.29, 0.717) is 0 Å². The molecule has 0 fully saturated rings. The minimum Gasteiger partial charge on any atom is -0.349 e. The standard InChI is InChI=1S/C14H21FN2O3S/c1-5-8(2)10(4)17-14(18)12-6-11(15)7-13(9(12)3)21(16,19)20/h6-8,10H,5H2,1-4H3,(H,17,18)(H2,16,19,20). The van der Waals surface area contributed by atoms with Crippen molar-refractivity contribution in [2.24, 2.45) is 11.1 Å². The molecule has 1 rings (SSSR count). The summed E-state index contributed by atoms with van der Waals surface area (Å²) < 4.78 is 36.4. The topological polar surface area (TPSA) is 89.3 Å². The van der Waals surface area contributed by atoms with Crippen molar-refractivity contribution in [2.75, 3.05) is 0 Å². The number of rotatable bonds is 5. The van der Waals surface area contributed by atoms with Gasteiger partial charge in [0.1, 0.15) is 5.82 Å². The Bertz CT molecular complexity index is 644. The second-order valence-electron chi connectivity index (χ2n) is 5.27. The molecule has 2 atom stereocenters. The average molecular weight is 316 g/mol. The first-order chi connectivity index (χ1) is 9.57. The van der Waals surface area contributed by atoms with E-state index in [1.807, 2.05) is 20.8 Å². The van der Waals surface area contributed by atoms with E-state index >= 15 is 0 Å². The van der Waals surface area contributed by atoms with Crippen LogP contribution in [-0.4, -0.2) is 20.4 Å². The van der Waals surface area contributed by atoms with Crippen LogP contribution < -0.4 is 10.5 Å². The average Bonchev–Trinajstić information content (AvgIpc) is 2.38.